The summed E-state index contributed by atoms with van der Waals surface area (Å²) in [6, 6.07) is 18.1. The van der Waals surface area contributed by atoms with E-state index in [-0.39, 0.29) is 11.3 Å². The number of amides is 1. The summed E-state index contributed by atoms with van der Waals surface area (Å²) < 4.78 is 11.7. The summed E-state index contributed by atoms with van der Waals surface area (Å²) in [5.74, 6) is 0.686. The standard InChI is InChI=1S/C28H43N3O3.C3H8/c1-21(33-19-18-29-28(5,6)26(32)30-23-12-10-9-11-13-23)34-24-16-14-22(15-17-24)25(31(7)8)20-27(2,3)4;1-3-2/h9-17,21,25,29H,18-20H2,1-8H3,(H,30,32);3H2,1-2H3. The normalized spacial score (nSPS) is 13.4. The van der Waals surface area contributed by atoms with Gasteiger partial charge in [-0.15, -0.1) is 0 Å². The maximum Gasteiger partial charge on any atom is 0.244 e. The Morgan fingerprint density at radius 2 is 1.51 bits per heavy atom. The zero-order valence-electron chi connectivity index (χ0n) is 24.9. The highest BCUT2D eigenvalue weighted by Gasteiger charge is 2.27. The van der Waals surface area contributed by atoms with Crippen LogP contribution < -0.4 is 15.4 Å². The van der Waals surface area contributed by atoms with Gasteiger partial charge in [0, 0.05) is 18.3 Å². The van der Waals surface area contributed by atoms with Gasteiger partial charge in [-0.05, 0) is 76.5 Å². The maximum atomic E-state index is 12.6. The van der Waals surface area contributed by atoms with Crippen molar-refractivity contribution in [2.75, 3.05) is 32.6 Å². The number of para-hydroxylation sites is 1. The van der Waals surface area contributed by atoms with Crippen molar-refractivity contribution in [1.82, 2.24) is 10.2 Å². The lowest BCUT2D eigenvalue weighted by atomic mass is 9.85. The SMILES string of the molecule is CC(OCCNC(C)(C)C(=O)Nc1ccccc1)Oc1ccc(C(CC(C)(C)C)N(C)C)cc1.CCC. The van der Waals surface area contributed by atoms with E-state index in [4.69, 9.17) is 9.47 Å². The van der Waals surface area contributed by atoms with Crippen LogP contribution in [-0.2, 0) is 9.53 Å². The summed E-state index contributed by atoms with van der Waals surface area (Å²) >= 11 is 0. The van der Waals surface area contributed by atoms with E-state index in [9.17, 15) is 4.79 Å². The van der Waals surface area contributed by atoms with Crippen LogP contribution in [0, 0.1) is 5.41 Å². The van der Waals surface area contributed by atoms with Gasteiger partial charge in [-0.25, -0.2) is 0 Å². The van der Waals surface area contributed by atoms with Gasteiger partial charge in [0.2, 0.25) is 5.91 Å². The molecule has 0 fully saturated rings. The van der Waals surface area contributed by atoms with Crippen LogP contribution in [0.3, 0.4) is 0 Å². The number of hydrogen-bond acceptors (Lipinski definition) is 5. The van der Waals surface area contributed by atoms with E-state index in [0.717, 1.165) is 17.9 Å². The van der Waals surface area contributed by atoms with E-state index >= 15 is 0 Å². The van der Waals surface area contributed by atoms with E-state index < -0.39 is 11.8 Å². The highest BCUT2D eigenvalue weighted by atomic mass is 16.7. The van der Waals surface area contributed by atoms with Gasteiger partial charge in [-0.2, -0.15) is 0 Å². The van der Waals surface area contributed by atoms with Gasteiger partial charge < -0.3 is 25.0 Å². The van der Waals surface area contributed by atoms with E-state index in [1.807, 2.05) is 63.2 Å². The maximum absolute atomic E-state index is 12.6. The first kappa shape index (κ1) is 32.6. The molecule has 0 aromatic heterocycles. The smallest absolute Gasteiger partial charge is 0.244 e. The fourth-order valence-corrected chi connectivity index (χ4v) is 3.65. The molecule has 1 amide bonds. The van der Waals surface area contributed by atoms with E-state index in [1.54, 1.807) is 0 Å². The third-order valence-corrected chi connectivity index (χ3v) is 5.62. The van der Waals surface area contributed by atoms with Crippen LogP contribution in [0.15, 0.2) is 54.6 Å². The molecular formula is C31H51N3O3. The van der Waals surface area contributed by atoms with Crippen molar-refractivity contribution in [1.29, 1.82) is 0 Å². The lowest BCUT2D eigenvalue weighted by molar-refractivity contribution is -0.121. The molecule has 6 heteroatoms. The Labute approximate surface area is 226 Å². The molecule has 0 aliphatic heterocycles. The number of nitrogens with zero attached hydrogens (tertiary/aromatic N) is 1. The van der Waals surface area contributed by atoms with Gasteiger partial charge in [0.1, 0.15) is 5.75 Å². The molecule has 208 valence electrons. The first-order valence-electron chi connectivity index (χ1n) is 13.4. The molecule has 0 saturated heterocycles. The minimum Gasteiger partial charge on any atom is -0.465 e. The van der Waals surface area contributed by atoms with E-state index in [0.29, 0.717) is 19.2 Å². The zero-order valence-corrected chi connectivity index (χ0v) is 24.9. The molecule has 2 aromatic rings. The van der Waals surface area contributed by atoms with Gasteiger partial charge in [0.05, 0.1) is 12.1 Å². The molecule has 0 aliphatic rings. The molecule has 2 atom stereocenters. The number of hydrogen-bond donors (Lipinski definition) is 2. The molecule has 0 aliphatic carbocycles. The molecule has 37 heavy (non-hydrogen) atoms. The van der Waals surface area contributed by atoms with Crippen molar-refractivity contribution in [3.8, 4) is 5.75 Å². The summed E-state index contributed by atoms with van der Waals surface area (Å²) in [7, 11) is 4.24. The fraction of sp³-hybridized carbons (Fsp3) is 0.581. The van der Waals surface area contributed by atoms with Gasteiger partial charge in [-0.3, -0.25) is 4.79 Å². The van der Waals surface area contributed by atoms with Crippen LogP contribution in [0.5, 0.6) is 5.75 Å². The van der Waals surface area contributed by atoms with E-state index in [2.05, 4.69) is 76.4 Å². The number of nitrogens with one attached hydrogen (secondary N) is 2. The van der Waals surface area contributed by atoms with Crippen LogP contribution in [0.2, 0.25) is 0 Å². The molecular weight excluding hydrogens is 462 g/mol. The Morgan fingerprint density at radius 1 is 0.946 bits per heavy atom. The Morgan fingerprint density at radius 3 is 2.03 bits per heavy atom. The summed E-state index contributed by atoms with van der Waals surface area (Å²) in [4.78, 5) is 14.8. The third-order valence-electron chi connectivity index (χ3n) is 5.62. The quantitative estimate of drug-likeness (QED) is 0.239. The fourth-order valence-electron chi connectivity index (χ4n) is 3.65. The molecule has 0 bridgehead atoms. The van der Waals surface area contributed by atoms with Crippen molar-refractivity contribution >= 4 is 11.6 Å². The molecule has 2 aromatic carbocycles. The van der Waals surface area contributed by atoms with Crippen molar-refractivity contribution in [2.45, 2.75) is 86.1 Å². The van der Waals surface area contributed by atoms with Crippen molar-refractivity contribution in [2.24, 2.45) is 5.41 Å². The Hall–Kier alpha value is -2.41. The highest BCUT2D eigenvalue weighted by Crippen LogP contribution is 2.33. The number of carbonyl (C=O) groups is 1. The molecule has 2 unspecified atom stereocenters. The number of rotatable bonds is 12. The summed E-state index contributed by atoms with van der Waals surface area (Å²) in [5.41, 5.74) is 1.58. The van der Waals surface area contributed by atoms with Gasteiger partial charge in [-0.1, -0.05) is 71.4 Å². The Kier molecular flexibility index (Phi) is 13.9. The molecule has 2 rings (SSSR count). The largest absolute Gasteiger partial charge is 0.465 e. The van der Waals surface area contributed by atoms with Gasteiger partial charge >= 0.3 is 0 Å². The van der Waals surface area contributed by atoms with Gasteiger partial charge in [0.15, 0.2) is 6.29 Å². The molecule has 0 spiro atoms. The molecule has 0 saturated carbocycles. The zero-order chi connectivity index (χ0) is 28.1. The molecule has 0 radical (unpaired) electrons. The molecule has 6 nitrogen and oxygen atoms in total. The monoisotopic (exact) mass is 513 g/mol. The lowest BCUT2D eigenvalue weighted by Crippen LogP contribution is -2.51. The number of anilines is 1. The van der Waals surface area contributed by atoms with Crippen molar-refractivity contribution < 1.29 is 14.3 Å². The van der Waals surface area contributed by atoms with Crippen LogP contribution in [0.25, 0.3) is 0 Å². The lowest BCUT2D eigenvalue weighted by Gasteiger charge is -2.31. The van der Waals surface area contributed by atoms with E-state index in [1.165, 1.54) is 12.0 Å². The summed E-state index contributed by atoms with van der Waals surface area (Å²) in [6.07, 6.45) is 1.93. The van der Waals surface area contributed by atoms with Crippen LogP contribution >= 0.6 is 0 Å². The topological polar surface area (TPSA) is 62.8 Å². The predicted molar refractivity (Wildman–Crippen MR) is 156 cm³/mol. The summed E-state index contributed by atoms with van der Waals surface area (Å²) in [6.45, 7) is 17.6. The number of benzene rings is 2. The predicted octanol–water partition coefficient (Wildman–Crippen LogP) is 6.89. The molecule has 2 N–H and O–H groups in total. The second kappa shape index (κ2) is 15.8. The average molecular weight is 514 g/mol. The van der Waals surface area contributed by atoms with Crippen molar-refractivity contribution in [3.05, 3.63) is 60.2 Å². The number of ether oxygens (including phenoxy) is 2. The Balaban J connectivity index is 0.00000217. The number of carbonyl (C=O) groups excluding carboxylic acids is 1. The van der Waals surface area contributed by atoms with Crippen LogP contribution in [-0.4, -0.2) is 49.9 Å². The van der Waals surface area contributed by atoms with Crippen LogP contribution in [0.1, 0.15) is 79.8 Å². The van der Waals surface area contributed by atoms with Crippen LogP contribution in [0.4, 0.5) is 5.69 Å². The first-order chi connectivity index (χ1) is 17.3. The minimum absolute atomic E-state index is 0.0921. The second-order valence-corrected chi connectivity index (χ2v) is 11.4. The average Bonchev–Trinajstić information content (AvgIpc) is 2.81. The van der Waals surface area contributed by atoms with Gasteiger partial charge in [0.25, 0.3) is 0 Å². The highest BCUT2D eigenvalue weighted by molar-refractivity contribution is 5.97. The molecule has 0 heterocycles. The first-order valence-corrected chi connectivity index (χ1v) is 13.4. The summed E-state index contributed by atoms with van der Waals surface area (Å²) in [5, 5.41) is 6.18. The second-order valence-electron chi connectivity index (χ2n) is 11.4. The Bertz CT molecular complexity index is 890. The van der Waals surface area contributed by atoms with Crippen molar-refractivity contribution in [3.63, 3.8) is 0 Å². The third kappa shape index (κ3) is 13.1. The minimum atomic E-state index is -0.727.